The summed E-state index contributed by atoms with van der Waals surface area (Å²) >= 11 is 1.74. The summed E-state index contributed by atoms with van der Waals surface area (Å²) in [4.78, 5) is 14.5. The SMILES string of the molecule is CCc1ccc(CNC(=O)NC(C)Cc2cccc(OC)c2)s1. The Labute approximate surface area is 141 Å². The highest BCUT2D eigenvalue weighted by molar-refractivity contribution is 7.11. The minimum Gasteiger partial charge on any atom is -0.497 e. The van der Waals surface area contributed by atoms with Gasteiger partial charge in [-0.3, -0.25) is 0 Å². The van der Waals surface area contributed by atoms with Crippen molar-refractivity contribution in [3.8, 4) is 5.75 Å². The van der Waals surface area contributed by atoms with Crippen LogP contribution in [0.15, 0.2) is 36.4 Å². The quantitative estimate of drug-likeness (QED) is 0.811. The van der Waals surface area contributed by atoms with Gasteiger partial charge >= 0.3 is 6.03 Å². The van der Waals surface area contributed by atoms with Gasteiger partial charge in [-0.25, -0.2) is 4.79 Å². The fourth-order valence-corrected chi connectivity index (χ4v) is 3.25. The van der Waals surface area contributed by atoms with Crippen LogP contribution in [-0.2, 0) is 19.4 Å². The van der Waals surface area contributed by atoms with E-state index in [1.54, 1.807) is 18.4 Å². The molecule has 2 aromatic rings. The van der Waals surface area contributed by atoms with Gasteiger partial charge in [-0.15, -0.1) is 11.3 Å². The van der Waals surface area contributed by atoms with Crippen LogP contribution in [0.25, 0.3) is 0 Å². The number of amides is 2. The first-order valence-corrected chi connectivity index (χ1v) is 8.67. The minimum absolute atomic E-state index is 0.0524. The van der Waals surface area contributed by atoms with Gasteiger partial charge in [0.2, 0.25) is 0 Å². The van der Waals surface area contributed by atoms with Crippen molar-refractivity contribution < 1.29 is 9.53 Å². The number of hydrogen-bond donors (Lipinski definition) is 2. The summed E-state index contributed by atoms with van der Waals surface area (Å²) in [5.74, 6) is 0.837. The van der Waals surface area contributed by atoms with E-state index in [2.05, 4.69) is 29.7 Å². The summed E-state index contributed by atoms with van der Waals surface area (Å²) < 4.78 is 5.22. The molecule has 5 heteroatoms. The summed E-state index contributed by atoms with van der Waals surface area (Å²) in [5.41, 5.74) is 1.14. The molecular formula is C18H24N2O2S. The number of rotatable bonds is 7. The van der Waals surface area contributed by atoms with Crippen LogP contribution in [0.3, 0.4) is 0 Å². The number of thiophene rings is 1. The second-order valence-electron chi connectivity index (χ2n) is 5.51. The number of carbonyl (C=O) groups is 1. The van der Waals surface area contributed by atoms with Crippen molar-refractivity contribution in [3.05, 3.63) is 51.7 Å². The smallest absolute Gasteiger partial charge is 0.315 e. The van der Waals surface area contributed by atoms with Crippen LogP contribution in [-0.4, -0.2) is 19.2 Å². The molecule has 124 valence electrons. The van der Waals surface area contributed by atoms with E-state index in [1.165, 1.54) is 9.75 Å². The van der Waals surface area contributed by atoms with Crippen molar-refractivity contribution >= 4 is 17.4 Å². The monoisotopic (exact) mass is 332 g/mol. The van der Waals surface area contributed by atoms with Gasteiger partial charge in [0.1, 0.15) is 5.75 Å². The highest BCUT2D eigenvalue weighted by Gasteiger charge is 2.09. The van der Waals surface area contributed by atoms with Gasteiger partial charge in [-0.05, 0) is 49.6 Å². The Bertz CT molecular complexity index is 639. The third-order valence-electron chi connectivity index (χ3n) is 3.54. The fourth-order valence-electron chi connectivity index (χ4n) is 2.35. The lowest BCUT2D eigenvalue weighted by Gasteiger charge is -2.15. The van der Waals surface area contributed by atoms with Crippen molar-refractivity contribution in [3.63, 3.8) is 0 Å². The molecule has 1 heterocycles. The largest absolute Gasteiger partial charge is 0.497 e. The third kappa shape index (κ3) is 5.60. The summed E-state index contributed by atoms with van der Waals surface area (Å²) in [6.45, 7) is 4.71. The van der Waals surface area contributed by atoms with Crippen molar-refractivity contribution in [2.75, 3.05) is 7.11 Å². The molecule has 0 aliphatic carbocycles. The van der Waals surface area contributed by atoms with E-state index in [9.17, 15) is 4.79 Å². The molecule has 0 fully saturated rings. The molecule has 2 amide bonds. The number of benzene rings is 1. The van der Waals surface area contributed by atoms with E-state index in [0.29, 0.717) is 6.54 Å². The van der Waals surface area contributed by atoms with Gasteiger partial charge in [0.25, 0.3) is 0 Å². The molecule has 23 heavy (non-hydrogen) atoms. The maximum absolute atomic E-state index is 12.0. The Morgan fingerprint density at radius 1 is 1.26 bits per heavy atom. The Morgan fingerprint density at radius 2 is 2.04 bits per heavy atom. The molecule has 2 N–H and O–H groups in total. The molecule has 0 radical (unpaired) electrons. The minimum atomic E-state index is -0.133. The maximum Gasteiger partial charge on any atom is 0.315 e. The van der Waals surface area contributed by atoms with Gasteiger partial charge in [-0.2, -0.15) is 0 Å². The molecule has 2 rings (SSSR count). The van der Waals surface area contributed by atoms with Crippen LogP contribution in [0.4, 0.5) is 4.79 Å². The summed E-state index contributed by atoms with van der Waals surface area (Å²) in [6.07, 6.45) is 1.80. The Kier molecular flexibility index (Phi) is 6.47. The molecule has 1 aromatic heterocycles. The van der Waals surface area contributed by atoms with Crippen molar-refractivity contribution in [1.29, 1.82) is 0 Å². The van der Waals surface area contributed by atoms with Gasteiger partial charge in [0.15, 0.2) is 0 Å². The zero-order valence-electron chi connectivity index (χ0n) is 13.9. The molecule has 0 saturated carbocycles. The summed E-state index contributed by atoms with van der Waals surface area (Å²) in [7, 11) is 1.66. The van der Waals surface area contributed by atoms with Crippen molar-refractivity contribution in [2.45, 2.75) is 39.3 Å². The summed E-state index contributed by atoms with van der Waals surface area (Å²) in [5, 5.41) is 5.88. The topological polar surface area (TPSA) is 50.4 Å². The molecule has 0 aliphatic heterocycles. The van der Waals surface area contributed by atoms with E-state index in [0.717, 1.165) is 24.2 Å². The second-order valence-corrected chi connectivity index (χ2v) is 6.76. The normalized spacial score (nSPS) is 11.8. The Hall–Kier alpha value is -2.01. The first-order valence-electron chi connectivity index (χ1n) is 7.85. The number of carbonyl (C=O) groups excluding carboxylic acids is 1. The predicted octanol–water partition coefficient (Wildman–Crippen LogP) is 3.75. The van der Waals surface area contributed by atoms with Gasteiger partial charge < -0.3 is 15.4 Å². The van der Waals surface area contributed by atoms with Crippen molar-refractivity contribution in [2.24, 2.45) is 0 Å². The van der Waals surface area contributed by atoms with E-state index in [4.69, 9.17) is 4.74 Å². The zero-order chi connectivity index (χ0) is 16.7. The number of methoxy groups -OCH3 is 1. The number of nitrogens with one attached hydrogen (secondary N) is 2. The summed E-state index contributed by atoms with van der Waals surface area (Å²) in [6, 6.07) is 12.0. The van der Waals surface area contributed by atoms with E-state index < -0.39 is 0 Å². The maximum atomic E-state index is 12.0. The number of ether oxygens (including phenoxy) is 1. The first kappa shape index (κ1) is 17.3. The molecule has 4 nitrogen and oxygen atoms in total. The molecule has 1 atom stereocenters. The Balaban J connectivity index is 1.77. The third-order valence-corrected chi connectivity index (χ3v) is 4.77. The standard InChI is InChI=1S/C18H24N2O2S/c1-4-16-8-9-17(23-16)12-19-18(21)20-13(2)10-14-6-5-7-15(11-14)22-3/h5-9,11,13H,4,10,12H2,1-3H3,(H2,19,20,21). The number of hydrogen-bond acceptors (Lipinski definition) is 3. The predicted molar refractivity (Wildman–Crippen MR) is 95.2 cm³/mol. The lowest BCUT2D eigenvalue weighted by Crippen LogP contribution is -2.41. The first-order chi connectivity index (χ1) is 11.1. The van der Waals surface area contributed by atoms with Crippen LogP contribution in [0.5, 0.6) is 5.75 Å². The van der Waals surface area contributed by atoms with Gasteiger partial charge in [0, 0.05) is 15.8 Å². The average Bonchev–Trinajstić information content (AvgIpc) is 3.01. The second kappa shape index (κ2) is 8.58. The van der Waals surface area contributed by atoms with Crippen LogP contribution in [0.1, 0.15) is 29.2 Å². The molecule has 1 aromatic carbocycles. The van der Waals surface area contributed by atoms with Crippen LogP contribution < -0.4 is 15.4 Å². The number of aryl methyl sites for hydroxylation is 1. The zero-order valence-corrected chi connectivity index (χ0v) is 14.7. The Morgan fingerprint density at radius 3 is 2.74 bits per heavy atom. The molecular weight excluding hydrogens is 308 g/mol. The van der Waals surface area contributed by atoms with E-state index in [-0.39, 0.29) is 12.1 Å². The number of urea groups is 1. The molecule has 0 spiro atoms. The highest BCUT2D eigenvalue weighted by Crippen LogP contribution is 2.16. The lowest BCUT2D eigenvalue weighted by molar-refractivity contribution is 0.237. The van der Waals surface area contributed by atoms with Crippen LogP contribution in [0.2, 0.25) is 0 Å². The van der Waals surface area contributed by atoms with Crippen LogP contribution in [0, 0.1) is 0 Å². The van der Waals surface area contributed by atoms with Crippen LogP contribution >= 0.6 is 11.3 Å². The average molecular weight is 332 g/mol. The molecule has 0 bridgehead atoms. The molecule has 1 unspecified atom stereocenters. The lowest BCUT2D eigenvalue weighted by atomic mass is 10.1. The molecule has 0 saturated heterocycles. The molecule has 0 aliphatic rings. The van der Waals surface area contributed by atoms with Gasteiger partial charge in [-0.1, -0.05) is 19.1 Å². The highest BCUT2D eigenvalue weighted by atomic mass is 32.1. The van der Waals surface area contributed by atoms with E-state index >= 15 is 0 Å². The van der Waals surface area contributed by atoms with E-state index in [1.807, 2.05) is 31.2 Å². The van der Waals surface area contributed by atoms with Gasteiger partial charge in [0.05, 0.1) is 13.7 Å². The van der Waals surface area contributed by atoms with Crippen molar-refractivity contribution in [1.82, 2.24) is 10.6 Å². The fraction of sp³-hybridized carbons (Fsp3) is 0.389.